The van der Waals surface area contributed by atoms with Crippen LogP contribution in [-0.2, 0) is 6.61 Å². The van der Waals surface area contributed by atoms with Crippen molar-refractivity contribution in [1.82, 2.24) is 10.2 Å². The van der Waals surface area contributed by atoms with Crippen LogP contribution in [0.1, 0.15) is 22.6 Å². The summed E-state index contributed by atoms with van der Waals surface area (Å²) in [7, 11) is 0. The Morgan fingerprint density at radius 3 is 2.45 bits per heavy atom. The van der Waals surface area contributed by atoms with Gasteiger partial charge in [-0.15, -0.1) is 5.10 Å². The predicted molar refractivity (Wildman–Crippen MR) is 126 cm³/mol. The van der Waals surface area contributed by atoms with Crippen molar-refractivity contribution in [2.75, 3.05) is 0 Å². The first kappa shape index (κ1) is 20.7. The van der Waals surface area contributed by atoms with Crippen LogP contribution < -0.4 is 15.2 Å². The minimum Gasteiger partial charge on any atom is -0.489 e. The summed E-state index contributed by atoms with van der Waals surface area (Å²) in [5, 5.41) is 17.9. The van der Waals surface area contributed by atoms with Gasteiger partial charge in [0.2, 0.25) is 11.8 Å². The molecule has 1 aromatic heterocycles. The molecule has 162 valence electrons. The number of nitriles is 1. The standard InChI is InChI=1S/C26H19ClN4O2/c27-19-10-6-16(7-11-19)15-32-20-12-8-17(9-13-20)22-21(14-28)25(29)33-26-23(22)24(30-31-26)18-4-2-1-3-5-18/h1-13,22H,15,29H2,(H,30,31)/t22-/m0/s1. The number of benzene rings is 3. The molecule has 1 aliphatic rings. The molecular weight excluding hydrogens is 436 g/mol. The van der Waals surface area contributed by atoms with Crippen LogP contribution in [0.2, 0.25) is 5.02 Å². The Hall–Kier alpha value is -4.21. The average molecular weight is 455 g/mol. The van der Waals surface area contributed by atoms with E-state index >= 15 is 0 Å². The summed E-state index contributed by atoms with van der Waals surface area (Å²) in [6.45, 7) is 0.425. The first-order valence-electron chi connectivity index (χ1n) is 10.3. The topological polar surface area (TPSA) is 97.0 Å². The molecule has 7 heteroatoms. The second-order valence-corrected chi connectivity index (χ2v) is 8.03. The molecule has 3 aromatic carbocycles. The maximum atomic E-state index is 9.87. The minimum absolute atomic E-state index is 0.0594. The third kappa shape index (κ3) is 4.02. The largest absolute Gasteiger partial charge is 0.489 e. The van der Waals surface area contributed by atoms with Gasteiger partial charge in [-0.25, -0.2) is 0 Å². The SMILES string of the molecule is N#CC1=C(N)Oc2n[nH]c(-c3ccccc3)c2[C@H]1c1ccc(OCc2ccc(Cl)cc2)cc1. The highest BCUT2D eigenvalue weighted by Gasteiger charge is 2.35. The van der Waals surface area contributed by atoms with Gasteiger partial charge in [0.15, 0.2) is 0 Å². The summed E-state index contributed by atoms with van der Waals surface area (Å²) < 4.78 is 11.6. The molecular formula is C26H19ClN4O2. The van der Waals surface area contributed by atoms with Gasteiger partial charge in [0.1, 0.15) is 24.0 Å². The number of nitrogens with one attached hydrogen (secondary N) is 1. The summed E-state index contributed by atoms with van der Waals surface area (Å²) >= 11 is 5.94. The molecule has 1 aliphatic heterocycles. The van der Waals surface area contributed by atoms with Gasteiger partial charge < -0.3 is 15.2 Å². The number of nitrogens with two attached hydrogens (primary N) is 1. The minimum atomic E-state index is -0.418. The van der Waals surface area contributed by atoms with Crippen LogP contribution in [0.25, 0.3) is 11.3 Å². The summed E-state index contributed by atoms with van der Waals surface area (Å²) in [4.78, 5) is 0. The van der Waals surface area contributed by atoms with Crippen molar-refractivity contribution in [3.8, 4) is 29.0 Å². The van der Waals surface area contributed by atoms with Crippen LogP contribution in [-0.4, -0.2) is 10.2 Å². The van der Waals surface area contributed by atoms with E-state index in [0.29, 0.717) is 28.8 Å². The van der Waals surface area contributed by atoms with Crippen molar-refractivity contribution < 1.29 is 9.47 Å². The molecule has 0 bridgehead atoms. The van der Waals surface area contributed by atoms with E-state index in [1.54, 1.807) is 0 Å². The zero-order valence-electron chi connectivity index (χ0n) is 17.5. The van der Waals surface area contributed by atoms with Crippen molar-refractivity contribution in [3.05, 3.63) is 112 Å². The molecule has 0 saturated heterocycles. The van der Waals surface area contributed by atoms with Crippen LogP contribution in [0.4, 0.5) is 0 Å². The van der Waals surface area contributed by atoms with Crippen LogP contribution in [0.15, 0.2) is 90.3 Å². The Kier molecular flexibility index (Phi) is 5.47. The highest BCUT2D eigenvalue weighted by molar-refractivity contribution is 6.30. The molecule has 1 atom stereocenters. The molecule has 5 rings (SSSR count). The van der Waals surface area contributed by atoms with Gasteiger partial charge in [-0.3, -0.25) is 5.10 Å². The predicted octanol–water partition coefficient (Wildman–Crippen LogP) is 5.53. The fourth-order valence-electron chi connectivity index (χ4n) is 3.91. The third-order valence-corrected chi connectivity index (χ3v) is 5.79. The Labute approximate surface area is 195 Å². The summed E-state index contributed by atoms with van der Waals surface area (Å²) in [6, 6.07) is 27.2. The maximum absolute atomic E-state index is 9.87. The lowest BCUT2D eigenvalue weighted by Crippen LogP contribution is -2.21. The van der Waals surface area contributed by atoms with E-state index < -0.39 is 5.92 Å². The number of hydrogen-bond acceptors (Lipinski definition) is 5. The molecule has 3 N–H and O–H groups in total. The van der Waals surface area contributed by atoms with Gasteiger partial charge in [0, 0.05) is 5.02 Å². The Morgan fingerprint density at radius 2 is 1.76 bits per heavy atom. The lowest BCUT2D eigenvalue weighted by molar-refractivity contribution is 0.306. The van der Waals surface area contributed by atoms with Crippen molar-refractivity contribution in [3.63, 3.8) is 0 Å². The number of aromatic amines is 1. The molecule has 0 saturated carbocycles. The number of halogens is 1. The molecule has 0 spiro atoms. The van der Waals surface area contributed by atoms with Crippen molar-refractivity contribution >= 4 is 11.6 Å². The fraction of sp³-hybridized carbons (Fsp3) is 0.0769. The molecule has 0 amide bonds. The maximum Gasteiger partial charge on any atom is 0.244 e. The molecule has 2 heterocycles. The Balaban J connectivity index is 1.47. The molecule has 0 aliphatic carbocycles. The number of allylic oxidation sites excluding steroid dienone is 1. The average Bonchev–Trinajstić information content (AvgIpc) is 3.27. The molecule has 0 unspecified atom stereocenters. The van der Waals surface area contributed by atoms with Crippen LogP contribution in [0.5, 0.6) is 11.6 Å². The highest BCUT2D eigenvalue weighted by atomic mass is 35.5. The fourth-order valence-corrected chi connectivity index (χ4v) is 4.03. The highest BCUT2D eigenvalue weighted by Crippen LogP contribution is 2.45. The molecule has 4 aromatic rings. The summed E-state index contributed by atoms with van der Waals surface area (Å²) in [5.41, 5.74) is 10.8. The zero-order valence-corrected chi connectivity index (χ0v) is 18.2. The quantitative estimate of drug-likeness (QED) is 0.413. The van der Waals surface area contributed by atoms with E-state index in [2.05, 4.69) is 16.3 Å². The third-order valence-electron chi connectivity index (χ3n) is 5.53. The Morgan fingerprint density at radius 1 is 1.03 bits per heavy atom. The second-order valence-electron chi connectivity index (χ2n) is 7.59. The van der Waals surface area contributed by atoms with Gasteiger partial charge in [0.25, 0.3) is 0 Å². The lowest BCUT2D eigenvalue weighted by Gasteiger charge is -2.24. The number of aromatic nitrogens is 2. The number of H-pyrrole nitrogens is 1. The van der Waals surface area contributed by atoms with Crippen molar-refractivity contribution in [2.24, 2.45) is 5.73 Å². The van der Waals surface area contributed by atoms with Crippen molar-refractivity contribution in [2.45, 2.75) is 12.5 Å². The Bertz CT molecular complexity index is 1350. The zero-order chi connectivity index (χ0) is 22.8. The van der Waals surface area contributed by atoms with E-state index in [-0.39, 0.29) is 5.88 Å². The normalized spacial score (nSPS) is 14.8. The van der Waals surface area contributed by atoms with E-state index in [1.807, 2.05) is 78.9 Å². The van der Waals surface area contributed by atoms with Gasteiger partial charge in [-0.1, -0.05) is 66.2 Å². The second kappa shape index (κ2) is 8.73. The van der Waals surface area contributed by atoms with E-state index in [1.165, 1.54) is 0 Å². The molecule has 0 fully saturated rings. The van der Waals surface area contributed by atoms with Crippen LogP contribution in [0, 0.1) is 11.3 Å². The number of fused-ring (bicyclic) bond motifs is 1. The van der Waals surface area contributed by atoms with Gasteiger partial charge in [-0.2, -0.15) is 5.26 Å². The van der Waals surface area contributed by atoms with Gasteiger partial charge in [-0.05, 0) is 41.0 Å². The lowest BCUT2D eigenvalue weighted by atomic mass is 9.83. The number of rotatable bonds is 5. The summed E-state index contributed by atoms with van der Waals surface area (Å²) in [6.07, 6.45) is 0. The monoisotopic (exact) mass is 454 g/mol. The first-order chi connectivity index (χ1) is 16.1. The van der Waals surface area contributed by atoms with E-state index in [4.69, 9.17) is 26.8 Å². The van der Waals surface area contributed by atoms with Crippen molar-refractivity contribution in [1.29, 1.82) is 5.26 Å². The smallest absolute Gasteiger partial charge is 0.244 e. The first-order valence-corrected chi connectivity index (χ1v) is 10.7. The van der Waals surface area contributed by atoms with E-state index in [0.717, 1.165) is 27.9 Å². The molecule has 33 heavy (non-hydrogen) atoms. The molecule has 0 radical (unpaired) electrons. The van der Waals surface area contributed by atoms with Gasteiger partial charge >= 0.3 is 0 Å². The van der Waals surface area contributed by atoms with Crippen LogP contribution in [0.3, 0.4) is 0 Å². The molecule has 6 nitrogen and oxygen atoms in total. The number of hydrogen-bond donors (Lipinski definition) is 2. The number of ether oxygens (including phenoxy) is 2. The van der Waals surface area contributed by atoms with E-state index in [9.17, 15) is 5.26 Å². The number of nitrogens with zero attached hydrogens (tertiary/aromatic N) is 2. The summed E-state index contributed by atoms with van der Waals surface area (Å²) in [5.74, 6) is 0.729. The van der Waals surface area contributed by atoms with Crippen LogP contribution >= 0.6 is 11.6 Å². The van der Waals surface area contributed by atoms with Gasteiger partial charge in [0.05, 0.1) is 17.2 Å².